The standard InChI is InChI=1S/C13H28N2O/c1-4-10-8-6-7-9-11(10)13(15-14)12(5-2)16-3/h10-13,15H,4-9,14H2,1-3H3. The third-order valence-corrected chi connectivity index (χ3v) is 4.25. The van der Waals surface area contributed by atoms with Gasteiger partial charge >= 0.3 is 0 Å². The summed E-state index contributed by atoms with van der Waals surface area (Å²) in [6, 6.07) is 0.320. The highest BCUT2D eigenvalue weighted by Gasteiger charge is 2.34. The van der Waals surface area contributed by atoms with Crippen LogP contribution in [0.2, 0.25) is 0 Å². The molecule has 0 amide bonds. The average Bonchev–Trinajstić information content (AvgIpc) is 2.35. The number of hydrazine groups is 1. The Bertz CT molecular complexity index is 175. The van der Waals surface area contributed by atoms with E-state index in [1.165, 1.54) is 32.1 Å². The molecule has 3 nitrogen and oxygen atoms in total. The van der Waals surface area contributed by atoms with Gasteiger partial charge in [0.05, 0.1) is 12.1 Å². The summed E-state index contributed by atoms with van der Waals surface area (Å²) >= 11 is 0. The van der Waals surface area contributed by atoms with Crippen LogP contribution in [0.1, 0.15) is 52.4 Å². The van der Waals surface area contributed by atoms with E-state index in [0.717, 1.165) is 12.3 Å². The summed E-state index contributed by atoms with van der Waals surface area (Å²) in [6.45, 7) is 4.46. The van der Waals surface area contributed by atoms with Gasteiger partial charge in [0.2, 0.25) is 0 Å². The Morgan fingerprint density at radius 2 is 2.00 bits per heavy atom. The molecule has 16 heavy (non-hydrogen) atoms. The van der Waals surface area contributed by atoms with Crippen molar-refractivity contribution in [3.05, 3.63) is 0 Å². The zero-order chi connectivity index (χ0) is 12.0. The smallest absolute Gasteiger partial charge is 0.0737 e. The van der Waals surface area contributed by atoms with Crippen molar-refractivity contribution >= 4 is 0 Å². The van der Waals surface area contributed by atoms with E-state index in [1.807, 2.05) is 0 Å². The van der Waals surface area contributed by atoms with Gasteiger partial charge in [-0.1, -0.05) is 39.5 Å². The van der Waals surface area contributed by atoms with Crippen molar-refractivity contribution in [2.24, 2.45) is 17.7 Å². The number of methoxy groups -OCH3 is 1. The Balaban J connectivity index is 2.67. The fourth-order valence-electron chi connectivity index (χ4n) is 3.29. The van der Waals surface area contributed by atoms with Gasteiger partial charge in [0.15, 0.2) is 0 Å². The molecule has 1 rings (SSSR count). The first-order chi connectivity index (χ1) is 7.78. The molecule has 0 saturated heterocycles. The van der Waals surface area contributed by atoms with Crippen LogP contribution in [-0.4, -0.2) is 19.3 Å². The van der Waals surface area contributed by atoms with Gasteiger partial charge in [-0.2, -0.15) is 0 Å². The molecule has 0 bridgehead atoms. The van der Waals surface area contributed by atoms with Crippen molar-refractivity contribution in [2.75, 3.05) is 7.11 Å². The Morgan fingerprint density at radius 3 is 2.50 bits per heavy atom. The van der Waals surface area contributed by atoms with Crippen molar-refractivity contribution in [3.8, 4) is 0 Å². The van der Waals surface area contributed by atoms with Crippen LogP contribution in [0.25, 0.3) is 0 Å². The van der Waals surface area contributed by atoms with Crippen LogP contribution >= 0.6 is 0 Å². The molecule has 0 heterocycles. The summed E-state index contributed by atoms with van der Waals surface area (Å²) in [4.78, 5) is 0. The molecular formula is C13H28N2O. The Labute approximate surface area is 100 Å². The van der Waals surface area contributed by atoms with E-state index in [-0.39, 0.29) is 6.10 Å². The van der Waals surface area contributed by atoms with Crippen molar-refractivity contribution in [1.29, 1.82) is 0 Å². The fourth-order valence-corrected chi connectivity index (χ4v) is 3.29. The van der Waals surface area contributed by atoms with Crippen LogP contribution in [0.5, 0.6) is 0 Å². The molecule has 1 fully saturated rings. The molecule has 0 radical (unpaired) electrons. The molecule has 0 aromatic heterocycles. The minimum atomic E-state index is 0.252. The van der Waals surface area contributed by atoms with E-state index in [9.17, 15) is 0 Å². The molecule has 0 aromatic carbocycles. The highest BCUT2D eigenvalue weighted by molar-refractivity contribution is 4.88. The average molecular weight is 228 g/mol. The molecule has 3 N–H and O–H groups in total. The highest BCUT2D eigenvalue weighted by Crippen LogP contribution is 2.35. The third-order valence-electron chi connectivity index (χ3n) is 4.25. The van der Waals surface area contributed by atoms with E-state index in [1.54, 1.807) is 7.11 Å². The molecule has 0 aliphatic heterocycles. The van der Waals surface area contributed by atoms with Crippen molar-refractivity contribution in [3.63, 3.8) is 0 Å². The molecule has 96 valence electrons. The second-order valence-corrected chi connectivity index (χ2v) is 4.99. The molecule has 1 aliphatic carbocycles. The number of nitrogens with one attached hydrogen (secondary N) is 1. The van der Waals surface area contributed by atoms with E-state index in [0.29, 0.717) is 12.0 Å². The summed E-state index contributed by atoms with van der Waals surface area (Å²) in [5.41, 5.74) is 3.01. The summed E-state index contributed by atoms with van der Waals surface area (Å²) in [5, 5.41) is 0. The lowest BCUT2D eigenvalue weighted by Gasteiger charge is -2.39. The van der Waals surface area contributed by atoms with Gasteiger partial charge in [0.1, 0.15) is 0 Å². The second-order valence-electron chi connectivity index (χ2n) is 4.99. The summed E-state index contributed by atoms with van der Waals surface area (Å²) < 4.78 is 5.56. The lowest BCUT2D eigenvalue weighted by molar-refractivity contribution is 0.0207. The van der Waals surface area contributed by atoms with E-state index >= 15 is 0 Å². The predicted molar refractivity (Wildman–Crippen MR) is 67.9 cm³/mol. The van der Waals surface area contributed by atoms with Crippen LogP contribution in [-0.2, 0) is 4.74 Å². The van der Waals surface area contributed by atoms with Gasteiger partial charge in [-0.3, -0.25) is 11.3 Å². The molecule has 1 saturated carbocycles. The maximum atomic E-state index is 5.74. The zero-order valence-electron chi connectivity index (χ0n) is 11.0. The van der Waals surface area contributed by atoms with Crippen molar-refractivity contribution in [2.45, 2.75) is 64.5 Å². The Kier molecular flexibility index (Phi) is 6.32. The first-order valence-corrected chi connectivity index (χ1v) is 6.77. The largest absolute Gasteiger partial charge is 0.380 e. The maximum absolute atomic E-state index is 5.74. The third kappa shape index (κ3) is 3.19. The lowest BCUT2D eigenvalue weighted by Crippen LogP contribution is -2.52. The predicted octanol–water partition coefficient (Wildman–Crippen LogP) is 2.46. The van der Waals surface area contributed by atoms with Gasteiger partial charge < -0.3 is 4.74 Å². The SMILES string of the molecule is CCC1CCCCC1C(NN)C(CC)OC. The van der Waals surface area contributed by atoms with E-state index in [2.05, 4.69) is 19.3 Å². The van der Waals surface area contributed by atoms with Gasteiger partial charge in [-0.15, -0.1) is 0 Å². The number of hydrogen-bond donors (Lipinski definition) is 2. The first kappa shape index (κ1) is 13.9. The van der Waals surface area contributed by atoms with E-state index < -0.39 is 0 Å². The Morgan fingerprint density at radius 1 is 1.31 bits per heavy atom. The molecule has 0 spiro atoms. The van der Waals surface area contributed by atoms with Gasteiger partial charge in [0.25, 0.3) is 0 Å². The molecule has 3 heteroatoms. The fraction of sp³-hybridized carbons (Fsp3) is 1.00. The quantitative estimate of drug-likeness (QED) is 0.542. The first-order valence-electron chi connectivity index (χ1n) is 6.77. The highest BCUT2D eigenvalue weighted by atomic mass is 16.5. The van der Waals surface area contributed by atoms with Crippen LogP contribution in [0.4, 0.5) is 0 Å². The van der Waals surface area contributed by atoms with Gasteiger partial charge in [-0.05, 0) is 24.7 Å². The number of nitrogens with two attached hydrogens (primary N) is 1. The van der Waals surface area contributed by atoms with Crippen molar-refractivity contribution in [1.82, 2.24) is 5.43 Å². The topological polar surface area (TPSA) is 47.3 Å². The molecule has 4 atom stereocenters. The van der Waals surface area contributed by atoms with Gasteiger partial charge in [0, 0.05) is 7.11 Å². The molecule has 4 unspecified atom stereocenters. The molecular weight excluding hydrogens is 200 g/mol. The number of hydrogen-bond acceptors (Lipinski definition) is 3. The van der Waals surface area contributed by atoms with Crippen LogP contribution in [0.3, 0.4) is 0 Å². The summed E-state index contributed by atoms with van der Waals surface area (Å²) in [6.07, 6.45) is 7.94. The molecule has 1 aliphatic rings. The van der Waals surface area contributed by atoms with Crippen LogP contribution in [0, 0.1) is 11.8 Å². The minimum Gasteiger partial charge on any atom is -0.380 e. The van der Waals surface area contributed by atoms with Gasteiger partial charge in [-0.25, -0.2) is 0 Å². The summed E-state index contributed by atoms with van der Waals surface area (Å²) in [5.74, 6) is 7.25. The van der Waals surface area contributed by atoms with Crippen molar-refractivity contribution < 1.29 is 4.74 Å². The van der Waals surface area contributed by atoms with E-state index in [4.69, 9.17) is 10.6 Å². The zero-order valence-corrected chi connectivity index (χ0v) is 11.0. The minimum absolute atomic E-state index is 0.252. The maximum Gasteiger partial charge on any atom is 0.0737 e. The lowest BCUT2D eigenvalue weighted by atomic mass is 9.72. The summed E-state index contributed by atoms with van der Waals surface area (Å²) in [7, 11) is 1.79. The second kappa shape index (κ2) is 7.25. The number of rotatable bonds is 6. The van der Waals surface area contributed by atoms with Crippen LogP contribution < -0.4 is 11.3 Å². The van der Waals surface area contributed by atoms with Crippen LogP contribution in [0.15, 0.2) is 0 Å². The molecule has 0 aromatic rings. The number of ether oxygens (including phenoxy) is 1. The Hall–Kier alpha value is -0.120. The normalized spacial score (nSPS) is 30.0. The monoisotopic (exact) mass is 228 g/mol.